The lowest BCUT2D eigenvalue weighted by molar-refractivity contribution is -0.114. The van der Waals surface area contributed by atoms with Gasteiger partial charge in [0.15, 0.2) is 0 Å². The first-order valence-electron chi connectivity index (χ1n) is 6.44. The fraction of sp³-hybridized carbons (Fsp3) is 0.133. The number of hydrogen-bond acceptors (Lipinski definition) is 3. The first-order chi connectivity index (χ1) is 10.3. The minimum Gasteiger partial charge on any atom is -0.326 e. The van der Waals surface area contributed by atoms with E-state index < -0.39 is 10.0 Å². The van der Waals surface area contributed by atoms with Crippen LogP contribution in [0.1, 0.15) is 12.5 Å². The lowest BCUT2D eigenvalue weighted by Crippen LogP contribution is -2.13. The second-order valence-corrected chi connectivity index (χ2v) is 6.86. The molecule has 5 nitrogen and oxygen atoms in total. The number of benzene rings is 2. The molecule has 0 atom stereocenters. The van der Waals surface area contributed by atoms with Crippen molar-refractivity contribution in [2.75, 3.05) is 10.0 Å². The molecule has 0 saturated heterocycles. The summed E-state index contributed by atoms with van der Waals surface area (Å²) in [6, 6.07) is 10.9. The molecule has 0 heterocycles. The van der Waals surface area contributed by atoms with Crippen LogP contribution in [0, 0.1) is 6.92 Å². The van der Waals surface area contributed by atoms with E-state index in [1.54, 1.807) is 37.3 Å². The predicted octanol–water partition coefficient (Wildman–Crippen LogP) is 3.41. The Balaban J connectivity index is 2.21. The van der Waals surface area contributed by atoms with Crippen LogP contribution in [0.5, 0.6) is 0 Å². The van der Waals surface area contributed by atoms with Crippen LogP contribution >= 0.6 is 11.6 Å². The number of hydrogen-bond donors (Lipinski definition) is 2. The normalized spacial score (nSPS) is 11.0. The summed E-state index contributed by atoms with van der Waals surface area (Å²) in [5.74, 6) is -0.192. The number of nitrogens with one attached hydrogen (secondary N) is 2. The van der Waals surface area contributed by atoms with Crippen LogP contribution < -0.4 is 10.0 Å². The van der Waals surface area contributed by atoms with Crippen LogP contribution in [-0.4, -0.2) is 14.3 Å². The molecule has 22 heavy (non-hydrogen) atoms. The number of carbonyl (C=O) groups excluding carboxylic acids is 1. The summed E-state index contributed by atoms with van der Waals surface area (Å²) in [6.07, 6.45) is 0. The van der Waals surface area contributed by atoms with Gasteiger partial charge in [0.05, 0.1) is 4.90 Å². The molecule has 0 aliphatic carbocycles. The maximum absolute atomic E-state index is 12.3. The maximum Gasteiger partial charge on any atom is 0.261 e. The third kappa shape index (κ3) is 3.99. The van der Waals surface area contributed by atoms with Crippen molar-refractivity contribution in [1.29, 1.82) is 0 Å². The SMILES string of the molecule is CC(=O)Nc1ccc(NS(=O)(=O)c2ccc(C)c(Cl)c2)cc1. The Morgan fingerprint density at radius 1 is 1.05 bits per heavy atom. The molecule has 0 radical (unpaired) electrons. The average Bonchev–Trinajstić information content (AvgIpc) is 2.43. The van der Waals surface area contributed by atoms with E-state index in [1.807, 2.05) is 0 Å². The monoisotopic (exact) mass is 338 g/mol. The number of halogens is 1. The Morgan fingerprint density at radius 2 is 1.64 bits per heavy atom. The standard InChI is InChI=1S/C15H15ClN2O3S/c1-10-3-8-14(9-15(10)16)22(20,21)18-13-6-4-12(5-7-13)17-11(2)19/h3-9,18H,1-2H3,(H,17,19). The second kappa shape index (κ2) is 6.37. The number of rotatable bonds is 4. The molecule has 2 aromatic carbocycles. The van der Waals surface area contributed by atoms with Crippen LogP contribution in [0.15, 0.2) is 47.4 Å². The highest BCUT2D eigenvalue weighted by Crippen LogP contribution is 2.22. The van der Waals surface area contributed by atoms with Crippen molar-refractivity contribution in [3.8, 4) is 0 Å². The number of carbonyl (C=O) groups is 1. The smallest absolute Gasteiger partial charge is 0.261 e. The van der Waals surface area contributed by atoms with Gasteiger partial charge in [0.2, 0.25) is 5.91 Å². The van der Waals surface area contributed by atoms with Gasteiger partial charge in [0.1, 0.15) is 0 Å². The van der Waals surface area contributed by atoms with Gasteiger partial charge in [-0.3, -0.25) is 9.52 Å². The fourth-order valence-electron chi connectivity index (χ4n) is 1.78. The van der Waals surface area contributed by atoms with Crippen molar-refractivity contribution in [1.82, 2.24) is 0 Å². The van der Waals surface area contributed by atoms with Crippen molar-refractivity contribution < 1.29 is 13.2 Å². The molecule has 2 N–H and O–H groups in total. The van der Waals surface area contributed by atoms with Crippen LogP contribution in [0.3, 0.4) is 0 Å². The van der Waals surface area contributed by atoms with Gasteiger partial charge in [-0.05, 0) is 48.9 Å². The van der Waals surface area contributed by atoms with Crippen molar-refractivity contribution in [3.05, 3.63) is 53.1 Å². The van der Waals surface area contributed by atoms with Gasteiger partial charge in [-0.15, -0.1) is 0 Å². The fourth-order valence-corrected chi connectivity index (χ4v) is 3.11. The summed E-state index contributed by atoms with van der Waals surface area (Å²) >= 11 is 5.96. The minimum atomic E-state index is -3.71. The molecule has 7 heteroatoms. The molecule has 0 unspecified atom stereocenters. The summed E-state index contributed by atoms with van der Waals surface area (Å²) in [7, 11) is -3.71. The van der Waals surface area contributed by atoms with E-state index in [9.17, 15) is 13.2 Å². The van der Waals surface area contributed by atoms with Gasteiger partial charge in [0.25, 0.3) is 10.0 Å². The molecule has 0 aliphatic heterocycles. The molecule has 0 aliphatic rings. The topological polar surface area (TPSA) is 75.3 Å². The lowest BCUT2D eigenvalue weighted by atomic mass is 10.2. The van der Waals surface area contributed by atoms with Gasteiger partial charge in [-0.1, -0.05) is 17.7 Å². The largest absolute Gasteiger partial charge is 0.326 e. The van der Waals surface area contributed by atoms with Gasteiger partial charge in [0, 0.05) is 23.3 Å². The Kier molecular flexibility index (Phi) is 4.73. The van der Waals surface area contributed by atoms with Gasteiger partial charge >= 0.3 is 0 Å². The molecule has 0 bridgehead atoms. The summed E-state index contributed by atoms with van der Waals surface area (Å²) < 4.78 is 27.0. The van der Waals surface area contributed by atoms with Crippen LogP contribution in [-0.2, 0) is 14.8 Å². The van der Waals surface area contributed by atoms with Crippen LogP contribution in [0.25, 0.3) is 0 Å². The quantitative estimate of drug-likeness (QED) is 0.897. The van der Waals surface area contributed by atoms with Crippen molar-refractivity contribution in [2.45, 2.75) is 18.7 Å². The average molecular weight is 339 g/mol. The summed E-state index contributed by atoms with van der Waals surface area (Å²) in [4.78, 5) is 11.0. The summed E-state index contributed by atoms with van der Waals surface area (Å²) in [5.41, 5.74) is 1.79. The number of anilines is 2. The van der Waals surface area contributed by atoms with E-state index in [1.165, 1.54) is 19.1 Å². The lowest BCUT2D eigenvalue weighted by Gasteiger charge is -2.10. The van der Waals surface area contributed by atoms with E-state index >= 15 is 0 Å². The Bertz CT molecular complexity index is 802. The molecule has 0 spiro atoms. The van der Waals surface area contributed by atoms with Crippen LogP contribution in [0.4, 0.5) is 11.4 Å². The summed E-state index contributed by atoms with van der Waals surface area (Å²) in [6.45, 7) is 3.20. The molecule has 1 amide bonds. The third-order valence-corrected chi connectivity index (χ3v) is 4.70. The number of sulfonamides is 1. The predicted molar refractivity (Wildman–Crippen MR) is 87.7 cm³/mol. The van der Waals surface area contributed by atoms with Crippen molar-refractivity contribution in [3.63, 3.8) is 0 Å². The zero-order valence-corrected chi connectivity index (χ0v) is 13.6. The number of amides is 1. The first kappa shape index (κ1) is 16.3. The molecular weight excluding hydrogens is 324 g/mol. The second-order valence-electron chi connectivity index (χ2n) is 4.78. The molecule has 0 aromatic heterocycles. The number of aryl methyl sites for hydroxylation is 1. The van der Waals surface area contributed by atoms with E-state index in [2.05, 4.69) is 10.0 Å². The maximum atomic E-state index is 12.3. The van der Waals surface area contributed by atoms with E-state index in [-0.39, 0.29) is 10.8 Å². The van der Waals surface area contributed by atoms with E-state index in [4.69, 9.17) is 11.6 Å². The van der Waals surface area contributed by atoms with E-state index in [0.717, 1.165) is 5.56 Å². The first-order valence-corrected chi connectivity index (χ1v) is 8.31. The van der Waals surface area contributed by atoms with Gasteiger partial charge < -0.3 is 5.32 Å². The third-order valence-electron chi connectivity index (χ3n) is 2.91. The zero-order chi connectivity index (χ0) is 16.3. The highest BCUT2D eigenvalue weighted by molar-refractivity contribution is 7.92. The molecule has 2 rings (SSSR count). The molecule has 0 fully saturated rings. The minimum absolute atomic E-state index is 0.0917. The van der Waals surface area contributed by atoms with Crippen molar-refractivity contribution in [2.24, 2.45) is 0 Å². The highest BCUT2D eigenvalue weighted by Gasteiger charge is 2.15. The molecule has 116 valence electrons. The zero-order valence-electron chi connectivity index (χ0n) is 12.1. The Labute approximate surface area is 134 Å². The van der Waals surface area contributed by atoms with E-state index in [0.29, 0.717) is 16.4 Å². The van der Waals surface area contributed by atoms with Crippen molar-refractivity contribution >= 4 is 38.9 Å². The Hall–Kier alpha value is -2.05. The van der Waals surface area contributed by atoms with Gasteiger partial charge in [-0.2, -0.15) is 0 Å². The highest BCUT2D eigenvalue weighted by atomic mass is 35.5. The Morgan fingerprint density at radius 3 is 2.18 bits per heavy atom. The van der Waals surface area contributed by atoms with Crippen LogP contribution in [0.2, 0.25) is 5.02 Å². The summed E-state index contributed by atoms with van der Waals surface area (Å²) in [5, 5.41) is 3.00. The molecule has 0 saturated carbocycles. The van der Waals surface area contributed by atoms with Gasteiger partial charge in [-0.25, -0.2) is 8.42 Å². The molecular formula is C15H15ClN2O3S. The molecule has 2 aromatic rings.